The van der Waals surface area contributed by atoms with E-state index >= 15 is 0 Å². The molecule has 0 fully saturated rings. The highest BCUT2D eigenvalue weighted by molar-refractivity contribution is 5.57. The number of nitrogens with two attached hydrogens (primary N) is 1. The van der Waals surface area contributed by atoms with Gasteiger partial charge in [-0.1, -0.05) is 12.1 Å². The van der Waals surface area contributed by atoms with Crippen molar-refractivity contribution < 1.29 is 14.2 Å². The Hall–Kier alpha value is -2.20. The molecule has 2 rings (SSSR count). The molecule has 0 saturated carbocycles. The Morgan fingerprint density at radius 3 is 2.53 bits per heavy atom. The van der Waals surface area contributed by atoms with Gasteiger partial charge >= 0.3 is 0 Å². The van der Waals surface area contributed by atoms with Crippen molar-refractivity contribution in [3.8, 4) is 17.2 Å². The molecule has 0 heterocycles. The van der Waals surface area contributed by atoms with Gasteiger partial charge in [0, 0.05) is 13.2 Å². The standard InChI is InChI=1S/C15H17NO3/c1-17-10-11-4-3-5-13(8-11)19-15-7-6-12(18-2)9-14(15)16/h3-9H,10,16H2,1-2H3. The van der Waals surface area contributed by atoms with Crippen LogP contribution in [0.4, 0.5) is 5.69 Å². The summed E-state index contributed by atoms with van der Waals surface area (Å²) in [6.45, 7) is 0.551. The van der Waals surface area contributed by atoms with Crippen molar-refractivity contribution in [2.75, 3.05) is 20.0 Å². The van der Waals surface area contributed by atoms with Crippen LogP contribution >= 0.6 is 0 Å². The summed E-state index contributed by atoms with van der Waals surface area (Å²) < 4.78 is 15.9. The van der Waals surface area contributed by atoms with Gasteiger partial charge in [-0.2, -0.15) is 0 Å². The second kappa shape index (κ2) is 6.11. The maximum absolute atomic E-state index is 5.91. The molecule has 0 saturated heterocycles. The molecule has 0 radical (unpaired) electrons. The average molecular weight is 259 g/mol. The van der Waals surface area contributed by atoms with E-state index in [9.17, 15) is 0 Å². The van der Waals surface area contributed by atoms with E-state index in [2.05, 4.69) is 0 Å². The van der Waals surface area contributed by atoms with Gasteiger partial charge in [-0.3, -0.25) is 0 Å². The van der Waals surface area contributed by atoms with E-state index in [1.807, 2.05) is 30.3 Å². The molecule has 0 aromatic heterocycles. The normalized spacial score (nSPS) is 10.2. The zero-order chi connectivity index (χ0) is 13.7. The Morgan fingerprint density at radius 1 is 1.00 bits per heavy atom. The number of nitrogen functional groups attached to an aromatic ring is 1. The third-order valence-corrected chi connectivity index (χ3v) is 2.65. The lowest BCUT2D eigenvalue weighted by molar-refractivity contribution is 0.184. The first-order valence-electron chi connectivity index (χ1n) is 5.92. The maximum atomic E-state index is 5.91. The van der Waals surface area contributed by atoms with E-state index in [0.717, 1.165) is 11.3 Å². The monoisotopic (exact) mass is 259 g/mol. The number of ether oxygens (including phenoxy) is 3. The van der Waals surface area contributed by atoms with Crippen molar-refractivity contribution in [3.05, 3.63) is 48.0 Å². The number of benzene rings is 2. The van der Waals surface area contributed by atoms with Crippen LogP contribution in [0.1, 0.15) is 5.56 Å². The molecule has 0 bridgehead atoms. The van der Waals surface area contributed by atoms with Crippen LogP contribution in [0.25, 0.3) is 0 Å². The Bertz CT molecular complexity index is 555. The lowest BCUT2D eigenvalue weighted by Gasteiger charge is -2.10. The van der Waals surface area contributed by atoms with E-state index in [1.54, 1.807) is 26.4 Å². The van der Waals surface area contributed by atoms with Crippen LogP contribution in [0.15, 0.2) is 42.5 Å². The van der Waals surface area contributed by atoms with Gasteiger partial charge in [-0.25, -0.2) is 0 Å². The van der Waals surface area contributed by atoms with Gasteiger partial charge < -0.3 is 19.9 Å². The summed E-state index contributed by atoms with van der Waals surface area (Å²) in [5.74, 6) is 2.04. The summed E-state index contributed by atoms with van der Waals surface area (Å²) in [6, 6.07) is 13.0. The second-order valence-corrected chi connectivity index (χ2v) is 4.09. The van der Waals surface area contributed by atoms with Gasteiger partial charge in [-0.05, 0) is 29.8 Å². The van der Waals surface area contributed by atoms with Gasteiger partial charge in [0.1, 0.15) is 11.5 Å². The molecule has 0 amide bonds. The van der Waals surface area contributed by atoms with Crippen molar-refractivity contribution in [1.29, 1.82) is 0 Å². The molecule has 100 valence electrons. The summed E-state index contributed by atoms with van der Waals surface area (Å²) >= 11 is 0. The Morgan fingerprint density at radius 2 is 1.84 bits per heavy atom. The third kappa shape index (κ3) is 3.39. The zero-order valence-corrected chi connectivity index (χ0v) is 11.1. The summed E-state index contributed by atoms with van der Waals surface area (Å²) in [7, 11) is 3.26. The molecule has 2 N–H and O–H groups in total. The number of anilines is 1. The smallest absolute Gasteiger partial charge is 0.150 e. The van der Waals surface area contributed by atoms with Gasteiger partial charge in [0.25, 0.3) is 0 Å². The van der Waals surface area contributed by atoms with Gasteiger partial charge in [0.05, 0.1) is 19.4 Å². The minimum atomic E-state index is 0.538. The van der Waals surface area contributed by atoms with Gasteiger partial charge in [0.15, 0.2) is 5.75 Å². The zero-order valence-electron chi connectivity index (χ0n) is 11.1. The van der Waals surface area contributed by atoms with Gasteiger partial charge in [0.2, 0.25) is 0 Å². The Kier molecular flexibility index (Phi) is 4.26. The van der Waals surface area contributed by atoms with Crippen LogP contribution in [0.5, 0.6) is 17.2 Å². The molecule has 4 heteroatoms. The fourth-order valence-electron chi connectivity index (χ4n) is 1.74. The molecule has 2 aromatic rings. The summed E-state index contributed by atoms with van der Waals surface area (Å²) in [4.78, 5) is 0. The first-order chi connectivity index (χ1) is 9.22. The van der Waals surface area contributed by atoms with Crippen molar-refractivity contribution in [3.63, 3.8) is 0 Å². The molecular weight excluding hydrogens is 242 g/mol. The Labute approximate surface area is 112 Å². The second-order valence-electron chi connectivity index (χ2n) is 4.09. The van der Waals surface area contributed by atoms with Crippen molar-refractivity contribution in [2.45, 2.75) is 6.61 Å². The quantitative estimate of drug-likeness (QED) is 0.838. The molecule has 0 atom stereocenters. The minimum absolute atomic E-state index is 0.538. The third-order valence-electron chi connectivity index (χ3n) is 2.65. The maximum Gasteiger partial charge on any atom is 0.150 e. The summed E-state index contributed by atoms with van der Waals surface area (Å²) in [6.07, 6.45) is 0. The number of hydrogen-bond acceptors (Lipinski definition) is 4. The molecule has 4 nitrogen and oxygen atoms in total. The van der Waals surface area contributed by atoms with E-state index in [0.29, 0.717) is 23.8 Å². The largest absolute Gasteiger partial charge is 0.497 e. The molecule has 0 aliphatic rings. The minimum Gasteiger partial charge on any atom is -0.497 e. The fourth-order valence-corrected chi connectivity index (χ4v) is 1.74. The number of hydrogen-bond donors (Lipinski definition) is 1. The van der Waals surface area contributed by atoms with Crippen LogP contribution in [0.2, 0.25) is 0 Å². The average Bonchev–Trinajstić information content (AvgIpc) is 2.42. The van der Waals surface area contributed by atoms with Crippen LogP contribution < -0.4 is 15.2 Å². The molecule has 19 heavy (non-hydrogen) atoms. The topological polar surface area (TPSA) is 53.7 Å². The number of methoxy groups -OCH3 is 2. The van der Waals surface area contributed by atoms with Crippen LogP contribution in [-0.4, -0.2) is 14.2 Å². The predicted octanol–water partition coefficient (Wildman–Crippen LogP) is 3.22. The van der Waals surface area contributed by atoms with Crippen LogP contribution in [0.3, 0.4) is 0 Å². The van der Waals surface area contributed by atoms with E-state index < -0.39 is 0 Å². The van der Waals surface area contributed by atoms with Gasteiger partial charge in [-0.15, -0.1) is 0 Å². The van der Waals surface area contributed by atoms with Crippen molar-refractivity contribution in [1.82, 2.24) is 0 Å². The van der Waals surface area contributed by atoms with Crippen LogP contribution in [0, 0.1) is 0 Å². The van der Waals surface area contributed by atoms with Crippen LogP contribution in [-0.2, 0) is 11.3 Å². The summed E-state index contributed by atoms with van der Waals surface area (Å²) in [5, 5.41) is 0. The summed E-state index contributed by atoms with van der Waals surface area (Å²) in [5.41, 5.74) is 7.50. The first kappa shape index (κ1) is 13.2. The highest BCUT2D eigenvalue weighted by Gasteiger charge is 2.04. The van der Waals surface area contributed by atoms with E-state index in [1.165, 1.54) is 0 Å². The lowest BCUT2D eigenvalue weighted by Crippen LogP contribution is -1.94. The fraction of sp³-hybridized carbons (Fsp3) is 0.200. The number of rotatable bonds is 5. The highest BCUT2D eigenvalue weighted by Crippen LogP contribution is 2.30. The first-order valence-corrected chi connectivity index (χ1v) is 5.92. The van der Waals surface area contributed by atoms with Crippen molar-refractivity contribution >= 4 is 5.69 Å². The van der Waals surface area contributed by atoms with E-state index in [4.69, 9.17) is 19.9 Å². The van der Waals surface area contributed by atoms with Crippen molar-refractivity contribution in [2.24, 2.45) is 0 Å². The molecule has 0 aliphatic carbocycles. The SMILES string of the molecule is COCc1cccc(Oc2ccc(OC)cc2N)c1. The molecular formula is C15H17NO3. The van der Waals surface area contributed by atoms with E-state index in [-0.39, 0.29) is 0 Å². The molecule has 2 aromatic carbocycles. The lowest BCUT2D eigenvalue weighted by atomic mass is 10.2. The predicted molar refractivity (Wildman–Crippen MR) is 74.6 cm³/mol. The molecule has 0 spiro atoms. The molecule has 0 unspecified atom stereocenters. The molecule has 0 aliphatic heterocycles. The Balaban J connectivity index is 2.18. The highest BCUT2D eigenvalue weighted by atomic mass is 16.5.